The van der Waals surface area contributed by atoms with Crippen molar-refractivity contribution in [1.29, 1.82) is 0 Å². The summed E-state index contributed by atoms with van der Waals surface area (Å²) in [4.78, 5) is 5.35. The molecule has 1 aromatic heterocycles. The van der Waals surface area contributed by atoms with Crippen LogP contribution in [-0.4, -0.2) is 23.7 Å². The minimum absolute atomic E-state index is 0.106. The first-order chi connectivity index (χ1) is 6.85. The van der Waals surface area contributed by atoms with E-state index in [2.05, 4.69) is 4.98 Å². The second kappa shape index (κ2) is 4.38. The molecule has 2 heterocycles. The molecule has 14 heavy (non-hydrogen) atoms. The Labute approximate surface area is 88.3 Å². The highest BCUT2D eigenvalue weighted by Gasteiger charge is 2.32. The molecule has 1 aliphatic rings. The highest BCUT2D eigenvalue weighted by Crippen LogP contribution is 2.28. The standard InChI is InChI=1S/C10H16N2OS/c11-7-10(3-1-2-4-13-10)5-9-6-12-8-14-9/h6,8H,1-5,7,11H2. The Kier molecular flexibility index (Phi) is 3.15. The summed E-state index contributed by atoms with van der Waals surface area (Å²) < 4.78 is 5.84. The van der Waals surface area contributed by atoms with Gasteiger partial charge in [-0.3, -0.25) is 4.98 Å². The lowest BCUT2D eigenvalue weighted by atomic mass is 9.90. The van der Waals surface area contributed by atoms with Crippen molar-refractivity contribution in [1.82, 2.24) is 4.98 Å². The maximum absolute atomic E-state index is 5.84. The quantitative estimate of drug-likeness (QED) is 0.827. The van der Waals surface area contributed by atoms with Gasteiger partial charge in [-0.25, -0.2) is 0 Å². The summed E-state index contributed by atoms with van der Waals surface area (Å²) in [5.74, 6) is 0. The van der Waals surface area contributed by atoms with Crippen molar-refractivity contribution in [3.05, 3.63) is 16.6 Å². The Balaban J connectivity index is 2.04. The third kappa shape index (κ3) is 2.13. The van der Waals surface area contributed by atoms with Crippen molar-refractivity contribution in [2.75, 3.05) is 13.2 Å². The molecule has 1 atom stereocenters. The molecule has 78 valence electrons. The molecule has 1 saturated heterocycles. The smallest absolute Gasteiger partial charge is 0.0852 e. The molecule has 3 nitrogen and oxygen atoms in total. The zero-order valence-corrected chi connectivity index (χ0v) is 9.05. The van der Waals surface area contributed by atoms with E-state index in [-0.39, 0.29) is 5.60 Å². The van der Waals surface area contributed by atoms with Crippen LogP contribution in [0.5, 0.6) is 0 Å². The molecule has 1 aromatic rings. The van der Waals surface area contributed by atoms with Crippen molar-refractivity contribution < 1.29 is 4.74 Å². The molecule has 0 spiro atoms. The van der Waals surface area contributed by atoms with Crippen LogP contribution in [0.4, 0.5) is 0 Å². The minimum Gasteiger partial charge on any atom is -0.373 e. The molecule has 2 N–H and O–H groups in total. The van der Waals surface area contributed by atoms with Crippen LogP contribution >= 0.6 is 11.3 Å². The lowest BCUT2D eigenvalue weighted by Crippen LogP contribution is -2.45. The van der Waals surface area contributed by atoms with E-state index in [0.29, 0.717) is 6.54 Å². The van der Waals surface area contributed by atoms with E-state index in [1.54, 1.807) is 11.3 Å². The van der Waals surface area contributed by atoms with Gasteiger partial charge in [-0.05, 0) is 19.3 Å². The van der Waals surface area contributed by atoms with Crippen LogP contribution in [0.1, 0.15) is 24.1 Å². The summed E-state index contributed by atoms with van der Waals surface area (Å²) in [6.07, 6.45) is 6.33. The van der Waals surface area contributed by atoms with Crippen molar-refractivity contribution in [2.45, 2.75) is 31.3 Å². The predicted octanol–water partition coefficient (Wildman–Crippen LogP) is 1.58. The van der Waals surface area contributed by atoms with Gasteiger partial charge < -0.3 is 10.5 Å². The summed E-state index contributed by atoms with van der Waals surface area (Å²) in [5, 5.41) is 0. The summed E-state index contributed by atoms with van der Waals surface area (Å²) in [7, 11) is 0. The first kappa shape index (κ1) is 10.1. The Morgan fingerprint density at radius 3 is 3.07 bits per heavy atom. The van der Waals surface area contributed by atoms with Crippen LogP contribution in [0.2, 0.25) is 0 Å². The Bertz CT molecular complexity index is 268. The average Bonchev–Trinajstić information content (AvgIpc) is 2.72. The predicted molar refractivity (Wildman–Crippen MR) is 57.4 cm³/mol. The van der Waals surface area contributed by atoms with E-state index >= 15 is 0 Å². The molecule has 0 bridgehead atoms. The first-order valence-corrected chi connectivity index (χ1v) is 5.94. The molecule has 0 radical (unpaired) electrons. The van der Waals surface area contributed by atoms with Gasteiger partial charge in [-0.2, -0.15) is 0 Å². The van der Waals surface area contributed by atoms with Gasteiger partial charge in [0.15, 0.2) is 0 Å². The summed E-state index contributed by atoms with van der Waals surface area (Å²) >= 11 is 1.68. The highest BCUT2D eigenvalue weighted by atomic mass is 32.1. The fraction of sp³-hybridized carbons (Fsp3) is 0.700. The molecule has 0 aliphatic carbocycles. The average molecular weight is 212 g/mol. The van der Waals surface area contributed by atoms with Crippen molar-refractivity contribution >= 4 is 11.3 Å². The van der Waals surface area contributed by atoms with Gasteiger partial charge in [-0.1, -0.05) is 0 Å². The van der Waals surface area contributed by atoms with Crippen molar-refractivity contribution in [3.63, 3.8) is 0 Å². The fourth-order valence-corrected chi connectivity index (χ4v) is 2.65. The number of hydrogen-bond acceptors (Lipinski definition) is 4. The van der Waals surface area contributed by atoms with Crippen LogP contribution in [-0.2, 0) is 11.2 Å². The zero-order chi connectivity index (χ0) is 9.86. The molecule has 1 unspecified atom stereocenters. The monoisotopic (exact) mass is 212 g/mol. The second-order valence-corrected chi connectivity index (χ2v) is 4.81. The highest BCUT2D eigenvalue weighted by molar-refractivity contribution is 7.09. The van der Waals surface area contributed by atoms with Gasteiger partial charge in [0.25, 0.3) is 0 Å². The van der Waals surface area contributed by atoms with Gasteiger partial charge in [0.05, 0.1) is 11.1 Å². The van der Waals surface area contributed by atoms with Crippen molar-refractivity contribution in [3.8, 4) is 0 Å². The van der Waals surface area contributed by atoms with Crippen molar-refractivity contribution in [2.24, 2.45) is 5.73 Å². The lowest BCUT2D eigenvalue weighted by Gasteiger charge is -2.36. The molecule has 4 heteroatoms. The molecule has 0 aromatic carbocycles. The maximum atomic E-state index is 5.84. The van der Waals surface area contributed by atoms with Crippen LogP contribution < -0.4 is 5.73 Å². The Hall–Kier alpha value is -0.450. The summed E-state index contributed by atoms with van der Waals surface area (Å²) in [5.41, 5.74) is 7.57. The van der Waals surface area contributed by atoms with E-state index in [1.807, 2.05) is 11.7 Å². The number of nitrogens with zero attached hydrogens (tertiary/aromatic N) is 1. The third-order valence-electron chi connectivity index (χ3n) is 2.79. The van der Waals surface area contributed by atoms with Gasteiger partial charge in [0.1, 0.15) is 0 Å². The van der Waals surface area contributed by atoms with Gasteiger partial charge in [0.2, 0.25) is 0 Å². The van der Waals surface area contributed by atoms with E-state index in [9.17, 15) is 0 Å². The fourth-order valence-electron chi connectivity index (χ4n) is 1.93. The summed E-state index contributed by atoms with van der Waals surface area (Å²) in [6.45, 7) is 1.47. The van der Waals surface area contributed by atoms with E-state index in [1.165, 1.54) is 17.7 Å². The zero-order valence-electron chi connectivity index (χ0n) is 8.24. The SMILES string of the molecule is NCC1(Cc2cncs2)CCCCO1. The molecule has 0 saturated carbocycles. The number of thiazole rings is 1. The largest absolute Gasteiger partial charge is 0.373 e. The first-order valence-electron chi connectivity index (χ1n) is 5.06. The van der Waals surface area contributed by atoms with Gasteiger partial charge in [0, 0.05) is 30.6 Å². The Morgan fingerprint density at radius 1 is 1.57 bits per heavy atom. The van der Waals surface area contributed by atoms with E-state index in [4.69, 9.17) is 10.5 Å². The minimum atomic E-state index is -0.106. The molecule has 1 aliphatic heterocycles. The number of nitrogens with two attached hydrogens (primary N) is 1. The Morgan fingerprint density at radius 2 is 2.50 bits per heavy atom. The second-order valence-electron chi connectivity index (χ2n) is 3.84. The maximum Gasteiger partial charge on any atom is 0.0852 e. The molecular weight excluding hydrogens is 196 g/mol. The van der Waals surface area contributed by atoms with Crippen LogP contribution in [0.25, 0.3) is 0 Å². The normalized spacial score (nSPS) is 27.8. The number of rotatable bonds is 3. The van der Waals surface area contributed by atoms with Gasteiger partial charge >= 0.3 is 0 Å². The molecule has 1 fully saturated rings. The van der Waals surface area contributed by atoms with Crippen LogP contribution in [0, 0.1) is 0 Å². The molecule has 0 amide bonds. The van der Waals surface area contributed by atoms with Crippen LogP contribution in [0.3, 0.4) is 0 Å². The number of aromatic nitrogens is 1. The van der Waals surface area contributed by atoms with Gasteiger partial charge in [-0.15, -0.1) is 11.3 Å². The van der Waals surface area contributed by atoms with E-state index in [0.717, 1.165) is 19.4 Å². The van der Waals surface area contributed by atoms with Crippen LogP contribution in [0.15, 0.2) is 11.7 Å². The third-order valence-corrected chi connectivity index (χ3v) is 3.57. The lowest BCUT2D eigenvalue weighted by molar-refractivity contribution is -0.0704. The summed E-state index contributed by atoms with van der Waals surface area (Å²) in [6, 6.07) is 0. The number of ether oxygens (including phenoxy) is 1. The topological polar surface area (TPSA) is 48.1 Å². The molecular formula is C10H16N2OS. The van der Waals surface area contributed by atoms with E-state index < -0.39 is 0 Å². The molecule has 2 rings (SSSR count). The number of hydrogen-bond donors (Lipinski definition) is 1.